The number of hydrogen-bond donors (Lipinski definition) is 2. The van der Waals surface area contributed by atoms with E-state index in [0.717, 1.165) is 38.6 Å². The largest absolute Gasteiger partial charge is 0.357 e. The number of benzene rings is 1. The van der Waals surface area contributed by atoms with Gasteiger partial charge in [-0.15, -0.1) is 0 Å². The van der Waals surface area contributed by atoms with E-state index >= 15 is 0 Å². The van der Waals surface area contributed by atoms with Crippen LogP contribution in [0.1, 0.15) is 19.8 Å². The molecule has 5 nitrogen and oxygen atoms in total. The molecule has 1 aliphatic heterocycles. The number of aromatic nitrogens is 1. The van der Waals surface area contributed by atoms with Gasteiger partial charge in [0.05, 0.1) is 0 Å². The number of nitrogens with one attached hydrogen (secondary N) is 2. The summed E-state index contributed by atoms with van der Waals surface area (Å²) in [6.07, 6.45) is 4.52. The van der Waals surface area contributed by atoms with Crippen LogP contribution in [0.25, 0.3) is 10.9 Å². The molecule has 3 rings (SSSR count). The minimum absolute atomic E-state index is 0.701. The van der Waals surface area contributed by atoms with E-state index in [4.69, 9.17) is 4.99 Å². The van der Waals surface area contributed by atoms with Gasteiger partial charge in [0.15, 0.2) is 5.96 Å². The van der Waals surface area contributed by atoms with E-state index in [1.165, 1.54) is 30.4 Å². The lowest BCUT2D eigenvalue weighted by atomic mass is 10.1. The molecule has 5 heteroatoms. The monoisotopic (exact) mass is 341 g/mol. The number of likely N-dealkylation sites (tertiary alicyclic amines) is 1. The van der Waals surface area contributed by atoms with Crippen LogP contribution in [0.3, 0.4) is 0 Å². The SMILES string of the molecule is CCNC(=NCC1CCN(C)C1)NCCCn1ccc2ccccc21. The Morgan fingerprint density at radius 2 is 2.12 bits per heavy atom. The van der Waals surface area contributed by atoms with Gasteiger partial charge in [0.1, 0.15) is 0 Å². The first-order valence-corrected chi connectivity index (χ1v) is 9.51. The summed E-state index contributed by atoms with van der Waals surface area (Å²) in [6.45, 7) is 8.27. The van der Waals surface area contributed by atoms with E-state index in [0.29, 0.717) is 5.92 Å². The molecular formula is C20H31N5. The Labute approximate surface area is 151 Å². The highest BCUT2D eigenvalue weighted by atomic mass is 15.2. The van der Waals surface area contributed by atoms with Crippen molar-refractivity contribution in [2.45, 2.75) is 26.3 Å². The van der Waals surface area contributed by atoms with E-state index in [9.17, 15) is 0 Å². The molecule has 1 fully saturated rings. The van der Waals surface area contributed by atoms with E-state index in [1.807, 2.05) is 0 Å². The van der Waals surface area contributed by atoms with Crippen molar-refractivity contribution in [2.24, 2.45) is 10.9 Å². The summed E-state index contributed by atoms with van der Waals surface area (Å²) in [4.78, 5) is 7.17. The summed E-state index contributed by atoms with van der Waals surface area (Å²) in [6, 6.07) is 10.7. The van der Waals surface area contributed by atoms with Crippen molar-refractivity contribution in [3.05, 3.63) is 36.5 Å². The molecule has 1 aliphatic rings. The van der Waals surface area contributed by atoms with Gasteiger partial charge in [-0.05, 0) is 56.8 Å². The molecule has 0 bridgehead atoms. The highest BCUT2D eigenvalue weighted by Crippen LogP contribution is 2.15. The van der Waals surface area contributed by atoms with Gasteiger partial charge in [0.2, 0.25) is 0 Å². The molecule has 136 valence electrons. The zero-order valence-corrected chi connectivity index (χ0v) is 15.5. The fourth-order valence-electron chi connectivity index (χ4n) is 3.53. The van der Waals surface area contributed by atoms with Gasteiger partial charge in [0.25, 0.3) is 0 Å². The van der Waals surface area contributed by atoms with Gasteiger partial charge in [-0.25, -0.2) is 0 Å². The van der Waals surface area contributed by atoms with Crippen LogP contribution in [0.2, 0.25) is 0 Å². The van der Waals surface area contributed by atoms with Crippen LogP contribution in [-0.4, -0.2) is 55.2 Å². The summed E-state index contributed by atoms with van der Waals surface area (Å²) >= 11 is 0. The van der Waals surface area contributed by atoms with E-state index < -0.39 is 0 Å². The topological polar surface area (TPSA) is 44.6 Å². The minimum atomic E-state index is 0.701. The normalized spacial score (nSPS) is 18.8. The maximum Gasteiger partial charge on any atom is 0.191 e. The van der Waals surface area contributed by atoms with Crippen molar-refractivity contribution in [3.63, 3.8) is 0 Å². The number of aliphatic imine (C=N–C) groups is 1. The van der Waals surface area contributed by atoms with Crippen molar-refractivity contribution in [3.8, 4) is 0 Å². The third-order valence-corrected chi connectivity index (χ3v) is 4.89. The van der Waals surface area contributed by atoms with Gasteiger partial charge in [-0.3, -0.25) is 4.99 Å². The second-order valence-electron chi connectivity index (χ2n) is 6.98. The molecule has 1 unspecified atom stereocenters. The predicted octanol–water partition coefficient (Wildman–Crippen LogP) is 2.54. The molecule has 0 amide bonds. The van der Waals surface area contributed by atoms with Gasteiger partial charge in [-0.1, -0.05) is 18.2 Å². The van der Waals surface area contributed by atoms with Crippen molar-refractivity contribution in [1.29, 1.82) is 0 Å². The summed E-state index contributed by atoms with van der Waals surface area (Å²) < 4.78 is 2.33. The molecule has 1 atom stereocenters. The highest BCUT2D eigenvalue weighted by molar-refractivity contribution is 5.80. The van der Waals surface area contributed by atoms with E-state index in [-0.39, 0.29) is 0 Å². The Morgan fingerprint density at radius 3 is 2.92 bits per heavy atom. The van der Waals surface area contributed by atoms with Crippen molar-refractivity contribution >= 4 is 16.9 Å². The van der Waals surface area contributed by atoms with Crippen LogP contribution >= 0.6 is 0 Å². The van der Waals surface area contributed by atoms with Crippen LogP contribution < -0.4 is 10.6 Å². The van der Waals surface area contributed by atoms with E-state index in [2.05, 4.69) is 70.6 Å². The quantitative estimate of drug-likeness (QED) is 0.462. The predicted molar refractivity (Wildman–Crippen MR) is 106 cm³/mol. The average molecular weight is 342 g/mol. The Kier molecular flexibility index (Phi) is 6.34. The fraction of sp³-hybridized carbons (Fsp3) is 0.550. The number of nitrogens with zero attached hydrogens (tertiary/aromatic N) is 3. The third kappa shape index (κ3) is 4.98. The van der Waals surface area contributed by atoms with Crippen LogP contribution in [-0.2, 0) is 6.54 Å². The average Bonchev–Trinajstić information content (AvgIpc) is 3.22. The molecule has 0 spiro atoms. The van der Waals surface area contributed by atoms with Crippen molar-refractivity contribution in [1.82, 2.24) is 20.1 Å². The second-order valence-corrected chi connectivity index (χ2v) is 6.98. The molecule has 25 heavy (non-hydrogen) atoms. The number of hydrogen-bond acceptors (Lipinski definition) is 2. The number of para-hydroxylation sites is 1. The van der Waals surface area contributed by atoms with Gasteiger partial charge in [0, 0.05) is 44.4 Å². The second kappa shape index (κ2) is 8.90. The first-order chi connectivity index (χ1) is 12.3. The lowest BCUT2D eigenvalue weighted by Gasteiger charge is -2.13. The van der Waals surface area contributed by atoms with Crippen molar-refractivity contribution < 1.29 is 0 Å². The van der Waals surface area contributed by atoms with Gasteiger partial charge < -0.3 is 20.1 Å². The molecule has 0 radical (unpaired) electrons. The molecular weight excluding hydrogens is 310 g/mol. The number of fused-ring (bicyclic) bond motifs is 1. The summed E-state index contributed by atoms with van der Waals surface area (Å²) in [5.74, 6) is 1.65. The number of aryl methyl sites for hydroxylation is 1. The van der Waals surface area contributed by atoms with Crippen LogP contribution in [0, 0.1) is 5.92 Å². The first kappa shape index (κ1) is 17.8. The lowest BCUT2D eigenvalue weighted by Crippen LogP contribution is -2.38. The van der Waals surface area contributed by atoms with Crippen molar-refractivity contribution in [2.75, 3.05) is 39.8 Å². The zero-order chi connectivity index (χ0) is 17.5. The summed E-state index contributed by atoms with van der Waals surface area (Å²) in [7, 11) is 2.19. The number of guanidine groups is 1. The lowest BCUT2D eigenvalue weighted by molar-refractivity contribution is 0.397. The van der Waals surface area contributed by atoms with Crippen LogP contribution in [0.15, 0.2) is 41.5 Å². The molecule has 2 N–H and O–H groups in total. The molecule has 1 aromatic carbocycles. The van der Waals surface area contributed by atoms with E-state index in [1.54, 1.807) is 0 Å². The Bertz CT molecular complexity index is 690. The minimum Gasteiger partial charge on any atom is -0.357 e. The summed E-state index contributed by atoms with van der Waals surface area (Å²) in [5.41, 5.74) is 1.31. The standard InChI is InChI=1S/C20H31N5/c1-3-21-20(23-15-17-9-13-24(2)16-17)22-11-6-12-25-14-10-18-7-4-5-8-19(18)25/h4-5,7-8,10,14,17H,3,6,9,11-13,15-16H2,1-2H3,(H2,21,22,23). The Hall–Kier alpha value is -2.01. The maximum absolute atomic E-state index is 4.78. The first-order valence-electron chi connectivity index (χ1n) is 9.51. The van der Waals surface area contributed by atoms with Crippen LogP contribution in [0.4, 0.5) is 0 Å². The van der Waals surface area contributed by atoms with Gasteiger partial charge >= 0.3 is 0 Å². The van der Waals surface area contributed by atoms with Crippen LogP contribution in [0.5, 0.6) is 0 Å². The number of rotatable bonds is 7. The molecule has 2 heterocycles. The maximum atomic E-state index is 4.78. The molecule has 0 aliphatic carbocycles. The smallest absolute Gasteiger partial charge is 0.191 e. The summed E-state index contributed by atoms with van der Waals surface area (Å²) in [5, 5.41) is 8.15. The molecule has 2 aromatic rings. The third-order valence-electron chi connectivity index (χ3n) is 4.89. The van der Waals surface area contributed by atoms with Gasteiger partial charge in [-0.2, -0.15) is 0 Å². The fourth-order valence-corrected chi connectivity index (χ4v) is 3.53. The Morgan fingerprint density at radius 1 is 1.24 bits per heavy atom. The molecule has 1 aromatic heterocycles. The Balaban J connectivity index is 1.45. The highest BCUT2D eigenvalue weighted by Gasteiger charge is 2.18. The molecule has 1 saturated heterocycles. The zero-order valence-electron chi connectivity index (χ0n) is 15.5. The molecule has 0 saturated carbocycles.